The summed E-state index contributed by atoms with van der Waals surface area (Å²) in [6.45, 7) is 1.97. The Bertz CT molecular complexity index is 250. The van der Waals surface area contributed by atoms with Crippen LogP contribution in [0.1, 0.15) is 19.8 Å². The molecule has 0 bridgehead atoms. The van der Waals surface area contributed by atoms with Gasteiger partial charge in [0.1, 0.15) is 13.2 Å². The first-order valence-corrected chi connectivity index (χ1v) is 5.32. The van der Waals surface area contributed by atoms with E-state index >= 15 is 0 Å². The van der Waals surface area contributed by atoms with Crippen LogP contribution in [0.2, 0.25) is 0 Å². The Morgan fingerprint density at radius 1 is 1.38 bits per heavy atom. The highest BCUT2D eigenvalue weighted by Crippen LogP contribution is 2.22. The predicted octanol–water partition coefficient (Wildman–Crippen LogP) is -0.229. The molecule has 1 rings (SSSR count). The van der Waals surface area contributed by atoms with Gasteiger partial charge in [-0.25, -0.2) is 4.79 Å². The van der Waals surface area contributed by atoms with E-state index in [1.165, 1.54) is 0 Å². The van der Waals surface area contributed by atoms with Crippen LogP contribution in [0.15, 0.2) is 0 Å². The van der Waals surface area contributed by atoms with Gasteiger partial charge in [-0.15, -0.1) is 0 Å². The summed E-state index contributed by atoms with van der Waals surface area (Å²) in [6, 6.07) is 0.137. The number of carboxylic acid groups (broad SMARTS) is 1. The second-order valence-corrected chi connectivity index (χ2v) is 3.70. The molecule has 92 valence electrons. The molecule has 0 saturated heterocycles. The van der Waals surface area contributed by atoms with Gasteiger partial charge in [-0.3, -0.25) is 4.79 Å². The SMILES string of the molecule is CCOC1CC(NC(=O)COCC(=O)O)C1. The molecular weight excluding hydrogens is 214 g/mol. The summed E-state index contributed by atoms with van der Waals surface area (Å²) >= 11 is 0. The number of ether oxygens (including phenoxy) is 2. The van der Waals surface area contributed by atoms with E-state index in [0.29, 0.717) is 6.61 Å². The Morgan fingerprint density at radius 2 is 2.06 bits per heavy atom. The first-order chi connectivity index (χ1) is 7.61. The van der Waals surface area contributed by atoms with Gasteiger partial charge in [0.2, 0.25) is 5.91 Å². The van der Waals surface area contributed by atoms with E-state index < -0.39 is 12.6 Å². The molecule has 0 radical (unpaired) electrons. The lowest BCUT2D eigenvalue weighted by Crippen LogP contribution is -2.48. The zero-order valence-corrected chi connectivity index (χ0v) is 9.27. The van der Waals surface area contributed by atoms with Crippen molar-refractivity contribution in [3.05, 3.63) is 0 Å². The van der Waals surface area contributed by atoms with Crippen LogP contribution < -0.4 is 5.32 Å². The fraction of sp³-hybridized carbons (Fsp3) is 0.800. The summed E-state index contributed by atoms with van der Waals surface area (Å²) in [4.78, 5) is 21.3. The minimum atomic E-state index is -1.08. The van der Waals surface area contributed by atoms with Crippen molar-refractivity contribution in [2.45, 2.75) is 31.9 Å². The maximum absolute atomic E-state index is 11.2. The topological polar surface area (TPSA) is 84.9 Å². The van der Waals surface area contributed by atoms with Crippen molar-refractivity contribution < 1.29 is 24.2 Å². The van der Waals surface area contributed by atoms with Gasteiger partial charge in [-0.05, 0) is 19.8 Å². The highest BCUT2D eigenvalue weighted by atomic mass is 16.5. The van der Waals surface area contributed by atoms with E-state index in [1.807, 2.05) is 6.92 Å². The highest BCUT2D eigenvalue weighted by Gasteiger charge is 2.30. The highest BCUT2D eigenvalue weighted by molar-refractivity contribution is 5.78. The molecule has 1 aliphatic carbocycles. The number of amides is 1. The molecule has 1 saturated carbocycles. The van der Waals surface area contributed by atoms with Crippen LogP contribution in [0.4, 0.5) is 0 Å². The van der Waals surface area contributed by atoms with E-state index in [4.69, 9.17) is 9.84 Å². The van der Waals surface area contributed by atoms with Crippen LogP contribution in [0.25, 0.3) is 0 Å². The lowest BCUT2D eigenvalue weighted by Gasteiger charge is -2.35. The second kappa shape index (κ2) is 6.44. The normalized spacial score (nSPS) is 23.6. The standard InChI is InChI=1S/C10H17NO5/c1-2-16-8-3-7(4-8)11-9(12)5-15-6-10(13)14/h7-8H,2-6H2,1H3,(H,11,12)(H,13,14). The molecule has 2 N–H and O–H groups in total. The van der Waals surface area contributed by atoms with E-state index in [9.17, 15) is 9.59 Å². The molecule has 0 aliphatic heterocycles. The van der Waals surface area contributed by atoms with Crippen LogP contribution in [0, 0.1) is 0 Å². The van der Waals surface area contributed by atoms with Crippen molar-refractivity contribution in [3.63, 3.8) is 0 Å². The Labute approximate surface area is 93.9 Å². The summed E-state index contributed by atoms with van der Waals surface area (Å²) < 4.78 is 10.00. The molecule has 0 unspecified atom stereocenters. The second-order valence-electron chi connectivity index (χ2n) is 3.70. The number of rotatable bonds is 7. The first kappa shape index (κ1) is 12.9. The zero-order chi connectivity index (χ0) is 12.0. The van der Waals surface area contributed by atoms with Gasteiger partial charge in [-0.1, -0.05) is 0 Å². The molecule has 0 atom stereocenters. The number of hydrogen-bond donors (Lipinski definition) is 2. The molecule has 1 aliphatic rings. The minimum absolute atomic E-state index is 0.137. The Balaban J connectivity index is 2.01. The predicted molar refractivity (Wildman–Crippen MR) is 55.0 cm³/mol. The van der Waals surface area contributed by atoms with Gasteiger partial charge in [0.25, 0.3) is 0 Å². The number of aliphatic carboxylic acids is 1. The van der Waals surface area contributed by atoms with Gasteiger partial charge < -0.3 is 19.9 Å². The van der Waals surface area contributed by atoms with Gasteiger partial charge in [0.15, 0.2) is 0 Å². The Kier molecular flexibility index (Phi) is 5.21. The van der Waals surface area contributed by atoms with E-state index in [-0.39, 0.29) is 24.7 Å². The van der Waals surface area contributed by atoms with Gasteiger partial charge in [0.05, 0.1) is 6.10 Å². The lowest BCUT2D eigenvalue weighted by molar-refractivity contribution is -0.143. The van der Waals surface area contributed by atoms with E-state index in [2.05, 4.69) is 10.1 Å². The average molecular weight is 231 g/mol. The Hall–Kier alpha value is -1.14. The summed E-state index contributed by atoms with van der Waals surface area (Å²) in [5.41, 5.74) is 0. The minimum Gasteiger partial charge on any atom is -0.480 e. The molecule has 0 heterocycles. The molecule has 0 aromatic carbocycles. The van der Waals surface area contributed by atoms with Gasteiger partial charge in [0, 0.05) is 12.6 Å². The molecule has 6 nitrogen and oxygen atoms in total. The molecular formula is C10H17NO5. The lowest BCUT2D eigenvalue weighted by atomic mass is 9.89. The molecule has 1 fully saturated rings. The fourth-order valence-corrected chi connectivity index (χ4v) is 1.56. The van der Waals surface area contributed by atoms with E-state index in [0.717, 1.165) is 12.8 Å². The summed E-state index contributed by atoms with van der Waals surface area (Å²) in [7, 11) is 0. The molecule has 6 heteroatoms. The summed E-state index contributed by atoms with van der Waals surface area (Å²) in [6.07, 6.45) is 1.88. The van der Waals surface area contributed by atoms with Crippen LogP contribution in [0.3, 0.4) is 0 Å². The zero-order valence-electron chi connectivity index (χ0n) is 9.27. The largest absolute Gasteiger partial charge is 0.480 e. The van der Waals surface area contributed by atoms with E-state index in [1.54, 1.807) is 0 Å². The van der Waals surface area contributed by atoms with Crippen molar-refractivity contribution in [2.75, 3.05) is 19.8 Å². The number of nitrogens with one attached hydrogen (secondary N) is 1. The summed E-state index contributed by atoms with van der Waals surface area (Å²) in [5, 5.41) is 11.0. The van der Waals surface area contributed by atoms with Crippen LogP contribution >= 0.6 is 0 Å². The van der Waals surface area contributed by atoms with Gasteiger partial charge in [-0.2, -0.15) is 0 Å². The molecule has 1 amide bonds. The first-order valence-electron chi connectivity index (χ1n) is 5.32. The maximum atomic E-state index is 11.2. The quantitative estimate of drug-likeness (QED) is 0.632. The maximum Gasteiger partial charge on any atom is 0.329 e. The van der Waals surface area contributed by atoms with Crippen molar-refractivity contribution in [3.8, 4) is 0 Å². The number of hydrogen-bond acceptors (Lipinski definition) is 4. The molecule has 0 aromatic rings. The smallest absolute Gasteiger partial charge is 0.329 e. The van der Waals surface area contributed by atoms with Crippen molar-refractivity contribution >= 4 is 11.9 Å². The van der Waals surface area contributed by atoms with Crippen LogP contribution in [0.5, 0.6) is 0 Å². The molecule has 16 heavy (non-hydrogen) atoms. The molecule has 0 aromatic heterocycles. The number of carbonyl (C=O) groups is 2. The average Bonchev–Trinajstić information content (AvgIpc) is 2.14. The third kappa shape index (κ3) is 4.59. The molecule has 0 spiro atoms. The monoisotopic (exact) mass is 231 g/mol. The van der Waals surface area contributed by atoms with Crippen molar-refractivity contribution in [1.29, 1.82) is 0 Å². The van der Waals surface area contributed by atoms with Crippen LogP contribution in [-0.2, 0) is 19.1 Å². The van der Waals surface area contributed by atoms with Crippen LogP contribution in [-0.4, -0.2) is 48.9 Å². The third-order valence-electron chi connectivity index (χ3n) is 2.32. The summed E-state index contributed by atoms with van der Waals surface area (Å²) in [5.74, 6) is -1.35. The van der Waals surface area contributed by atoms with Crippen molar-refractivity contribution in [1.82, 2.24) is 5.32 Å². The number of carbonyl (C=O) groups excluding carboxylic acids is 1. The fourth-order valence-electron chi connectivity index (χ4n) is 1.56. The van der Waals surface area contributed by atoms with Gasteiger partial charge >= 0.3 is 5.97 Å². The Morgan fingerprint density at radius 3 is 2.62 bits per heavy atom. The van der Waals surface area contributed by atoms with Crippen molar-refractivity contribution in [2.24, 2.45) is 0 Å². The third-order valence-corrected chi connectivity index (χ3v) is 2.32. The number of carboxylic acids is 1.